The zero-order valence-corrected chi connectivity index (χ0v) is 11.5. The van der Waals surface area contributed by atoms with Gasteiger partial charge in [0.15, 0.2) is 0 Å². The number of nitrogens with one attached hydrogen (secondary N) is 1. The number of hydrogen-bond donors (Lipinski definition) is 1. The SMILES string of the molecule is CCC(NC(C)C(C)C)c1cccc([N+](=O)[O-])c1. The van der Waals surface area contributed by atoms with Gasteiger partial charge < -0.3 is 5.32 Å². The molecule has 0 saturated carbocycles. The molecule has 1 aromatic carbocycles. The van der Waals surface area contributed by atoms with Crippen LogP contribution in [0.15, 0.2) is 24.3 Å². The van der Waals surface area contributed by atoms with E-state index in [4.69, 9.17) is 0 Å². The standard InChI is InChI=1S/C14H22N2O2/c1-5-14(15-11(4)10(2)3)12-7-6-8-13(9-12)16(17)18/h6-11,14-15H,5H2,1-4H3. The molecular weight excluding hydrogens is 228 g/mol. The fourth-order valence-corrected chi connectivity index (χ4v) is 1.81. The zero-order valence-electron chi connectivity index (χ0n) is 11.5. The summed E-state index contributed by atoms with van der Waals surface area (Å²) >= 11 is 0. The van der Waals surface area contributed by atoms with E-state index in [1.54, 1.807) is 12.1 Å². The average Bonchev–Trinajstić information content (AvgIpc) is 2.35. The summed E-state index contributed by atoms with van der Waals surface area (Å²) in [6, 6.07) is 7.44. The molecule has 0 aromatic heterocycles. The molecule has 0 aliphatic rings. The van der Waals surface area contributed by atoms with Crippen LogP contribution in [0.1, 0.15) is 45.7 Å². The van der Waals surface area contributed by atoms with E-state index in [0.29, 0.717) is 12.0 Å². The van der Waals surface area contributed by atoms with Gasteiger partial charge in [-0.1, -0.05) is 32.9 Å². The Morgan fingerprint density at radius 3 is 2.50 bits per heavy atom. The summed E-state index contributed by atoms with van der Waals surface area (Å²) in [5, 5.41) is 14.3. The highest BCUT2D eigenvalue weighted by Gasteiger charge is 2.16. The van der Waals surface area contributed by atoms with Crippen molar-refractivity contribution in [2.75, 3.05) is 0 Å². The molecule has 2 atom stereocenters. The maximum absolute atomic E-state index is 10.8. The van der Waals surface area contributed by atoms with Crippen LogP contribution in [0.3, 0.4) is 0 Å². The van der Waals surface area contributed by atoms with Gasteiger partial charge in [-0.15, -0.1) is 0 Å². The molecular formula is C14H22N2O2. The predicted octanol–water partition coefficient (Wildman–Crippen LogP) is 3.68. The molecule has 100 valence electrons. The number of hydrogen-bond acceptors (Lipinski definition) is 3. The Labute approximate surface area is 109 Å². The normalized spacial score (nSPS) is 14.5. The first-order valence-electron chi connectivity index (χ1n) is 6.46. The lowest BCUT2D eigenvalue weighted by Crippen LogP contribution is -2.34. The van der Waals surface area contributed by atoms with Crippen molar-refractivity contribution in [1.82, 2.24) is 5.32 Å². The van der Waals surface area contributed by atoms with Gasteiger partial charge >= 0.3 is 0 Å². The van der Waals surface area contributed by atoms with Crippen molar-refractivity contribution in [1.29, 1.82) is 0 Å². The molecule has 0 aliphatic carbocycles. The predicted molar refractivity (Wildman–Crippen MR) is 73.6 cm³/mol. The van der Waals surface area contributed by atoms with Crippen LogP contribution in [0.25, 0.3) is 0 Å². The van der Waals surface area contributed by atoms with Gasteiger partial charge in [-0.25, -0.2) is 0 Å². The van der Waals surface area contributed by atoms with Crippen LogP contribution in [0.2, 0.25) is 0 Å². The minimum absolute atomic E-state index is 0.157. The second-order valence-corrected chi connectivity index (χ2v) is 5.01. The highest BCUT2D eigenvalue weighted by Crippen LogP contribution is 2.22. The molecule has 0 fully saturated rings. The number of nitro benzene ring substituents is 1. The van der Waals surface area contributed by atoms with Crippen LogP contribution < -0.4 is 5.32 Å². The van der Waals surface area contributed by atoms with E-state index in [1.807, 2.05) is 6.07 Å². The maximum atomic E-state index is 10.8. The molecule has 0 amide bonds. The molecule has 1 rings (SSSR count). The molecule has 0 spiro atoms. The van der Waals surface area contributed by atoms with Crippen molar-refractivity contribution in [3.05, 3.63) is 39.9 Å². The second kappa shape index (κ2) is 6.50. The highest BCUT2D eigenvalue weighted by atomic mass is 16.6. The third-order valence-electron chi connectivity index (χ3n) is 3.36. The first-order valence-corrected chi connectivity index (χ1v) is 6.46. The van der Waals surface area contributed by atoms with Crippen LogP contribution in [-0.2, 0) is 0 Å². The fraction of sp³-hybridized carbons (Fsp3) is 0.571. The van der Waals surface area contributed by atoms with Crippen LogP contribution in [0.5, 0.6) is 0 Å². The lowest BCUT2D eigenvalue weighted by atomic mass is 9.99. The van der Waals surface area contributed by atoms with Crippen molar-refractivity contribution in [2.24, 2.45) is 5.92 Å². The van der Waals surface area contributed by atoms with Gasteiger partial charge in [0, 0.05) is 24.2 Å². The second-order valence-electron chi connectivity index (χ2n) is 5.01. The van der Waals surface area contributed by atoms with E-state index in [0.717, 1.165) is 12.0 Å². The average molecular weight is 250 g/mol. The smallest absolute Gasteiger partial charge is 0.269 e. The quantitative estimate of drug-likeness (QED) is 0.619. The fourth-order valence-electron chi connectivity index (χ4n) is 1.81. The van der Waals surface area contributed by atoms with Crippen LogP contribution in [0, 0.1) is 16.0 Å². The number of benzene rings is 1. The number of nitro groups is 1. The molecule has 4 nitrogen and oxygen atoms in total. The Hall–Kier alpha value is -1.42. The van der Waals surface area contributed by atoms with E-state index in [-0.39, 0.29) is 16.7 Å². The van der Waals surface area contributed by atoms with Crippen molar-refractivity contribution in [3.63, 3.8) is 0 Å². The van der Waals surface area contributed by atoms with Gasteiger partial charge in [0.1, 0.15) is 0 Å². The number of non-ortho nitro benzene ring substituents is 1. The summed E-state index contributed by atoms with van der Waals surface area (Å²) in [5.41, 5.74) is 1.14. The van der Waals surface area contributed by atoms with Crippen molar-refractivity contribution in [2.45, 2.75) is 46.2 Å². The minimum atomic E-state index is -0.345. The van der Waals surface area contributed by atoms with Crippen LogP contribution in [0.4, 0.5) is 5.69 Å². The molecule has 2 unspecified atom stereocenters. The summed E-state index contributed by atoms with van der Waals surface area (Å²) in [4.78, 5) is 10.4. The zero-order chi connectivity index (χ0) is 13.7. The summed E-state index contributed by atoms with van der Waals surface area (Å²) in [5.74, 6) is 0.540. The van der Waals surface area contributed by atoms with E-state index < -0.39 is 0 Å². The van der Waals surface area contributed by atoms with Crippen LogP contribution >= 0.6 is 0 Å². The van der Waals surface area contributed by atoms with E-state index in [9.17, 15) is 10.1 Å². The maximum Gasteiger partial charge on any atom is 0.269 e. The Morgan fingerprint density at radius 2 is 2.00 bits per heavy atom. The highest BCUT2D eigenvalue weighted by molar-refractivity contribution is 5.35. The summed E-state index contributed by atoms with van der Waals surface area (Å²) in [7, 11) is 0. The first kappa shape index (κ1) is 14.6. The van der Waals surface area contributed by atoms with E-state index in [2.05, 4.69) is 33.0 Å². The van der Waals surface area contributed by atoms with Crippen molar-refractivity contribution in [3.8, 4) is 0 Å². The molecule has 4 heteroatoms. The minimum Gasteiger partial charge on any atom is -0.307 e. The molecule has 18 heavy (non-hydrogen) atoms. The Bertz CT molecular complexity index is 405. The molecule has 0 radical (unpaired) electrons. The molecule has 0 saturated heterocycles. The van der Waals surface area contributed by atoms with E-state index in [1.165, 1.54) is 6.07 Å². The number of nitrogens with zero attached hydrogens (tertiary/aromatic N) is 1. The summed E-state index contributed by atoms with van der Waals surface area (Å²) in [6.07, 6.45) is 0.915. The largest absolute Gasteiger partial charge is 0.307 e. The Kier molecular flexibility index (Phi) is 5.28. The molecule has 1 aromatic rings. The van der Waals surface area contributed by atoms with Crippen molar-refractivity contribution < 1.29 is 4.92 Å². The Morgan fingerprint density at radius 1 is 1.33 bits per heavy atom. The first-order chi connectivity index (χ1) is 8.45. The summed E-state index contributed by atoms with van der Waals surface area (Å²) < 4.78 is 0. The summed E-state index contributed by atoms with van der Waals surface area (Å²) in [6.45, 7) is 8.56. The monoisotopic (exact) mass is 250 g/mol. The van der Waals surface area contributed by atoms with Gasteiger partial charge in [-0.2, -0.15) is 0 Å². The number of rotatable bonds is 6. The van der Waals surface area contributed by atoms with Gasteiger partial charge in [-0.05, 0) is 24.8 Å². The van der Waals surface area contributed by atoms with Gasteiger partial charge in [0.05, 0.1) is 4.92 Å². The van der Waals surface area contributed by atoms with E-state index >= 15 is 0 Å². The van der Waals surface area contributed by atoms with Crippen molar-refractivity contribution >= 4 is 5.69 Å². The molecule has 1 N–H and O–H groups in total. The third-order valence-corrected chi connectivity index (χ3v) is 3.36. The van der Waals surface area contributed by atoms with Crippen LogP contribution in [-0.4, -0.2) is 11.0 Å². The molecule has 0 aliphatic heterocycles. The Balaban J connectivity index is 2.88. The molecule has 0 bridgehead atoms. The van der Waals surface area contributed by atoms with Gasteiger partial charge in [-0.3, -0.25) is 10.1 Å². The topological polar surface area (TPSA) is 55.2 Å². The van der Waals surface area contributed by atoms with Gasteiger partial charge in [0.2, 0.25) is 0 Å². The molecule has 0 heterocycles. The third kappa shape index (κ3) is 3.81. The van der Waals surface area contributed by atoms with Gasteiger partial charge in [0.25, 0.3) is 5.69 Å². The lowest BCUT2D eigenvalue weighted by Gasteiger charge is -2.25. The lowest BCUT2D eigenvalue weighted by molar-refractivity contribution is -0.384.